The SMILES string of the molecule is CC\C=C/C=C\C=C/C=C\C=C\C=C/CCCCCC(=O)OC(COC(=O)CCCCCCCCCCC/C=C\C/C=C\C/C=C\CC)COC(=O)CCCCCCCCCCCCCC. The van der Waals surface area contributed by atoms with Gasteiger partial charge in [-0.2, -0.15) is 0 Å². The lowest BCUT2D eigenvalue weighted by Gasteiger charge is -2.18. The first-order valence-electron chi connectivity index (χ1n) is 27.0. The summed E-state index contributed by atoms with van der Waals surface area (Å²) in [6, 6.07) is 0. The third-order valence-corrected chi connectivity index (χ3v) is 11.2. The fourth-order valence-corrected chi connectivity index (χ4v) is 7.19. The van der Waals surface area contributed by atoms with Gasteiger partial charge in [0.25, 0.3) is 0 Å². The minimum Gasteiger partial charge on any atom is -0.462 e. The molecule has 0 fully saturated rings. The molecule has 66 heavy (non-hydrogen) atoms. The summed E-state index contributed by atoms with van der Waals surface area (Å²) in [6.07, 6.45) is 72.1. The van der Waals surface area contributed by atoms with Crippen molar-refractivity contribution in [3.05, 3.63) is 109 Å². The Bertz CT molecular complexity index is 1370. The third kappa shape index (κ3) is 51.1. The summed E-state index contributed by atoms with van der Waals surface area (Å²) in [5.74, 6) is -0.949. The van der Waals surface area contributed by atoms with Crippen LogP contribution in [0.4, 0.5) is 0 Å². The van der Waals surface area contributed by atoms with E-state index in [1.165, 1.54) is 103 Å². The molecule has 0 aromatic carbocycles. The number of carbonyl (C=O) groups is 3. The van der Waals surface area contributed by atoms with E-state index in [0.29, 0.717) is 19.3 Å². The fourth-order valence-electron chi connectivity index (χ4n) is 7.19. The molecule has 1 unspecified atom stereocenters. The second-order valence-electron chi connectivity index (χ2n) is 17.5. The van der Waals surface area contributed by atoms with Gasteiger partial charge in [-0.15, -0.1) is 0 Å². The van der Waals surface area contributed by atoms with E-state index < -0.39 is 6.10 Å². The van der Waals surface area contributed by atoms with Crippen molar-refractivity contribution < 1.29 is 28.6 Å². The molecule has 0 bridgehead atoms. The van der Waals surface area contributed by atoms with E-state index in [-0.39, 0.29) is 37.5 Å². The van der Waals surface area contributed by atoms with Gasteiger partial charge in [0.2, 0.25) is 0 Å². The van der Waals surface area contributed by atoms with Crippen LogP contribution in [-0.2, 0) is 28.6 Å². The largest absolute Gasteiger partial charge is 0.462 e. The zero-order valence-corrected chi connectivity index (χ0v) is 42.7. The number of unbranched alkanes of at least 4 members (excludes halogenated alkanes) is 23. The second-order valence-corrected chi connectivity index (χ2v) is 17.5. The average Bonchev–Trinajstić information content (AvgIpc) is 3.31. The molecular weight excluding hydrogens is 817 g/mol. The van der Waals surface area contributed by atoms with Crippen LogP contribution in [0.15, 0.2) is 109 Å². The van der Waals surface area contributed by atoms with Crippen LogP contribution in [0.25, 0.3) is 0 Å². The smallest absolute Gasteiger partial charge is 0.306 e. The van der Waals surface area contributed by atoms with Crippen molar-refractivity contribution in [1.29, 1.82) is 0 Å². The van der Waals surface area contributed by atoms with Gasteiger partial charge in [-0.25, -0.2) is 0 Å². The number of hydrogen-bond donors (Lipinski definition) is 0. The molecule has 6 heteroatoms. The minimum atomic E-state index is -0.804. The van der Waals surface area contributed by atoms with Gasteiger partial charge in [0.1, 0.15) is 13.2 Å². The summed E-state index contributed by atoms with van der Waals surface area (Å²) in [4.78, 5) is 38.1. The van der Waals surface area contributed by atoms with Crippen molar-refractivity contribution in [2.24, 2.45) is 0 Å². The number of allylic oxidation sites excluding steroid dienone is 18. The van der Waals surface area contributed by atoms with Crippen molar-refractivity contribution >= 4 is 17.9 Å². The molecule has 0 rings (SSSR count). The molecule has 1 atom stereocenters. The summed E-state index contributed by atoms with van der Waals surface area (Å²) < 4.78 is 16.8. The van der Waals surface area contributed by atoms with Crippen LogP contribution in [0.3, 0.4) is 0 Å². The van der Waals surface area contributed by atoms with Crippen LogP contribution in [0.5, 0.6) is 0 Å². The fraction of sp³-hybridized carbons (Fsp3) is 0.650. The van der Waals surface area contributed by atoms with Crippen LogP contribution < -0.4 is 0 Å². The van der Waals surface area contributed by atoms with Crippen molar-refractivity contribution in [2.45, 2.75) is 239 Å². The van der Waals surface area contributed by atoms with Crippen molar-refractivity contribution in [2.75, 3.05) is 13.2 Å². The van der Waals surface area contributed by atoms with Crippen LogP contribution in [-0.4, -0.2) is 37.2 Å². The minimum absolute atomic E-state index is 0.0979. The van der Waals surface area contributed by atoms with Gasteiger partial charge >= 0.3 is 17.9 Å². The van der Waals surface area contributed by atoms with Crippen molar-refractivity contribution in [1.82, 2.24) is 0 Å². The Balaban J connectivity index is 4.46. The molecule has 0 heterocycles. The molecule has 0 N–H and O–H groups in total. The summed E-state index contributed by atoms with van der Waals surface area (Å²) in [7, 11) is 0. The Morgan fingerprint density at radius 3 is 1.12 bits per heavy atom. The molecule has 0 aromatic rings. The quantitative estimate of drug-likeness (QED) is 0.0199. The van der Waals surface area contributed by atoms with Gasteiger partial charge in [-0.05, 0) is 70.6 Å². The van der Waals surface area contributed by atoms with Gasteiger partial charge in [-0.1, -0.05) is 252 Å². The maximum Gasteiger partial charge on any atom is 0.306 e. The second kappa shape index (κ2) is 53.7. The van der Waals surface area contributed by atoms with Gasteiger partial charge in [0, 0.05) is 19.3 Å². The monoisotopic (exact) mass is 915 g/mol. The first-order chi connectivity index (χ1) is 32.5. The summed E-state index contributed by atoms with van der Waals surface area (Å²) in [6.45, 7) is 6.34. The van der Waals surface area contributed by atoms with E-state index in [0.717, 1.165) is 83.5 Å². The maximum atomic E-state index is 12.8. The Morgan fingerprint density at radius 1 is 0.333 bits per heavy atom. The highest BCUT2D eigenvalue weighted by Gasteiger charge is 2.19. The lowest BCUT2D eigenvalue weighted by atomic mass is 10.0. The molecule has 0 aliphatic carbocycles. The Morgan fingerprint density at radius 2 is 0.667 bits per heavy atom. The standard InChI is InChI=1S/C60H98O6/c1-4-7-10-13-16-19-22-25-27-29-30-32-33-35-38-41-44-47-50-53-59(62)65-56-57(55-64-58(61)52-49-46-43-40-37-24-21-18-15-12-9-6-3)66-60(63)54-51-48-45-42-39-36-34-31-28-26-23-20-17-14-11-8-5-2/h7-8,10-11,14,16-17,19-20,23,25-28,31,34,36,39,57H,4-6,9,12-13,15,18,21-22,24,29-30,32-33,35,37-38,40-56H2,1-3H3/b10-7-,11-8-,17-14-,19-16-,23-20-,27-25-,28-26-,34-31+,39-36-. The van der Waals surface area contributed by atoms with E-state index in [9.17, 15) is 14.4 Å². The molecule has 0 saturated heterocycles. The van der Waals surface area contributed by atoms with Crippen molar-refractivity contribution in [3.8, 4) is 0 Å². The molecule has 0 spiro atoms. The number of carbonyl (C=O) groups excluding carboxylic acids is 3. The molecule has 0 radical (unpaired) electrons. The maximum absolute atomic E-state index is 12.8. The highest BCUT2D eigenvalue weighted by atomic mass is 16.6. The number of esters is 3. The van der Waals surface area contributed by atoms with E-state index >= 15 is 0 Å². The van der Waals surface area contributed by atoms with Gasteiger partial charge in [-0.3, -0.25) is 14.4 Å². The summed E-state index contributed by atoms with van der Waals surface area (Å²) in [5.41, 5.74) is 0. The molecule has 0 aliphatic heterocycles. The van der Waals surface area contributed by atoms with Crippen LogP contribution in [0, 0.1) is 0 Å². The molecule has 6 nitrogen and oxygen atoms in total. The molecule has 374 valence electrons. The normalized spacial score (nSPS) is 13.0. The molecule has 0 saturated carbocycles. The van der Waals surface area contributed by atoms with Gasteiger partial charge in [0.15, 0.2) is 6.10 Å². The number of hydrogen-bond acceptors (Lipinski definition) is 6. The summed E-state index contributed by atoms with van der Waals surface area (Å²) >= 11 is 0. The highest BCUT2D eigenvalue weighted by molar-refractivity contribution is 5.71. The predicted octanol–water partition coefficient (Wildman–Crippen LogP) is 17.9. The Labute approximate surface area is 406 Å². The highest BCUT2D eigenvalue weighted by Crippen LogP contribution is 2.15. The van der Waals surface area contributed by atoms with Crippen LogP contribution >= 0.6 is 0 Å². The Kier molecular flexibility index (Phi) is 50.5. The van der Waals surface area contributed by atoms with Gasteiger partial charge in [0.05, 0.1) is 0 Å². The molecule has 0 aliphatic rings. The van der Waals surface area contributed by atoms with Crippen LogP contribution in [0.1, 0.15) is 233 Å². The van der Waals surface area contributed by atoms with E-state index in [4.69, 9.17) is 14.2 Å². The molecular formula is C60H98O6. The van der Waals surface area contributed by atoms with Gasteiger partial charge < -0.3 is 14.2 Å². The summed E-state index contributed by atoms with van der Waals surface area (Å²) in [5, 5.41) is 0. The lowest BCUT2D eigenvalue weighted by Crippen LogP contribution is -2.30. The zero-order valence-electron chi connectivity index (χ0n) is 42.7. The van der Waals surface area contributed by atoms with E-state index in [1.807, 2.05) is 60.8 Å². The van der Waals surface area contributed by atoms with E-state index in [2.05, 4.69) is 69.4 Å². The third-order valence-electron chi connectivity index (χ3n) is 11.2. The lowest BCUT2D eigenvalue weighted by molar-refractivity contribution is -0.167. The zero-order chi connectivity index (χ0) is 47.9. The predicted molar refractivity (Wildman–Crippen MR) is 283 cm³/mol. The topological polar surface area (TPSA) is 78.9 Å². The van der Waals surface area contributed by atoms with Crippen molar-refractivity contribution in [3.63, 3.8) is 0 Å². The van der Waals surface area contributed by atoms with Crippen LogP contribution in [0.2, 0.25) is 0 Å². The van der Waals surface area contributed by atoms with E-state index in [1.54, 1.807) is 0 Å². The number of ether oxygens (including phenoxy) is 3. The average molecular weight is 915 g/mol. The Hall–Kier alpha value is -3.93. The molecule has 0 amide bonds. The molecule has 0 aromatic heterocycles. The first kappa shape index (κ1) is 62.1. The number of rotatable bonds is 47. The first-order valence-corrected chi connectivity index (χ1v) is 27.0.